The smallest absolute Gasteiger partial charge is 0.249 e. The Morgan fingerprint density at radius 2 is 1.86 bits per heavy atom. The number of rotatable bonds is 2. The van der Waals surface area contributed by atoms with Crippen molar-refractivity contribution in [2.45, 2.75) is 38.9 Å². The summed E-state index contributed by atoms with van der Waals surface area (Å²) in [6, 6.07) is 0. The van der Waals surface area contributed by atoms with Crippen LogP contribution >= 0.6 is 0 Å². The molecule has 0 aromatic carbocycles. The predicted octanol–water partition coefficient (Wildman–Crippen LogP) is 1.21. The molecular weight excluding hydrogens is 182 g/mol. The van der Waals surface area contributed by atoms with Crippen LogP contribution in [-0.2, 0) is 14.4 Å². The molecule has 0 bridgehead atoms. The first-order chi connectivity index (χ1) is 6.54. The third-order valence-electron chi connectivity index (χ3n) is 2.63. The number of ether oxygens (including phenoxy) is 1. The van der Waals surface area contributed by atoms with E-state index in [1.807, 2.05) is 13.8 Å². The Morgan fingerprint density at radius 1 is 1.36 bits per heavy atom. The van der Waals surface area contributed by atoms with Crippen molar-refractivity contribution in [3.8, 4) is 0 Å². The highest BCUT2D eigenvalue weighted by molar-refractivity contribution is 5.77. The molecule has 14 heavy (non-hydrogen) atoms. The summed E-state index contributed by atoms with van der Waals surface area (Å²) in [4.78, 5) is 16.6. The molecule has 1 heterocycles. The maximum Gasteiger partial charge on any atom is 0.249 e. The average Bonchev–Trinajstić information content (AvgIpc) is 2.14. The second-order valence-electron chi connectivity index (χ2n) is 3.94. The van der Waals surface area contributed by atoms with E-state index in [4.69, 9.17) is 9.57 Å². The quantitative estimate of drug-likeness (QED) is 0.630. The van der Waals surface area contributed by atoms with Crippen LogP contribution in [-0.4, -0.2) is 37.3 Å². The van der Waals surface area contributed by atoms with Crippen LogP contribution in [0.4, 0.5) is 0 Å². The van der Waals surface area contributed by atoms with Gasteiger partial charge in [0.1, 0.15) is 0 Å². The first-order valence-corrected chi connectivity index (χ1v) is 5.01. The molecule has 1 aliphatic heterocycles. The fraction of sp³-hybridized carbons (Fsp3) is 0.900. The van der Waals surface area contributed by atoms with E-state index in [1.54, 1.807) is 7.05 Å². The molecule has 1 unspecified atom stereocenters. The first-order valence-electron chi connectivity index (χ1n) is 5.01. The SMILES string of the molecule is CON(C)C(=O)C1C[C@@H](C)O[C@@H](C)C1. The maximum absolute atomic E-state index is 11.8. The van der Waals surface area contributed by atoms with E-state index >= 15 is 0 Å². The van der Waals surface area contributed by atoms with Gasteiger partial charge in [0.05, 0.1) is 19.3 Å². The van der Waals surface area contributed by atoms with E-state index in [0.29, 0.717) is 0 Å². The standard InChI is InChI=1S/C10H19NO3/c1-7-5-9(6-8(2)14-7)10(12)11(3)13-4/h7-9H,5-6H2,1-4H3/t7-,8+,9?. The van der Waals surface area contributed by atoms with Crippen LogP contribution in [0.15, 0.2) is 0 Å². The van der Waals surface area contributed by atoms with Crippen LogP contribution < -0.4 is 0 Å². The van der Waals surface area contributed by atoms with Gasteiger partial charge in [-0.15, -0.1) is 0 Å². The molecule has 0 aliphatic carbocycles. The lowest BCUT2D eigenvalue weighted by atomic mass is 9.92. The topological polar surface area (TPSA) is 38.8 Å². The third-order valence-corrected chi connectivity index (χ3v) is 2.63. The highest BCUT2D eigenvalue weighted by atomic mass is 16.7. The number of amides is 1. The fourth-order valence-electron chi connectivity index (χ4n) is 1.95. The van der Waals surface area contributed by atoms with E-state index in [-0.39, 0.29) is 24.0 Å². The lowest BCUT2D eigenvalue weighted by molar-refractivity contribution is -0.179. The first kappa shape index (κ1) is 11.5. The molecule has 0 radical (unpaired) electrons. The van der Waals surface area contributed by atoms with Crippen LogP contribution in [0.25, 0.3) is 0 Å². The van der Waals surface area contributed by atoms with Gasteiger partial charge < -0.3 is 4.74 Å². The van der Waals surface area contributed by atoms with Crippen molar-refractivity contribution in [1.29, 1.82) is 0 Å². The summed E-state index contributed by atoms with van der Waals surface area (Å²) in [6.45, 7) is 4.01. The molecule has 4 heteroatoms. The Morgan fingerprint density at radius 3 is 2.29 bits per heavy atom. The van der Waals surface area contributed by atoms with E-state index in [2.05, 4.69) is 0 Å². The van der Waals surface area contributed by atoms with E-state index < -0.39 is 0 Å². The lowest BCUT2D eigenvalue weighted by Crippen LogP contribution is -2.39. The van der Waals surface area contributed by atoms with Crippen molar-refractivity contribution in [3.05, 3.63) is 0 Å². The van der Waals surface area contributed by atoms with Crippen LogP contribution in [0.1, 0.15) is 26.7 Å². The molecule has 0 N–H and O–H groups in total. The van der Waals surface area contributed by atoms with Gasteiger partial charge >= 0.3 is 0 Å². The minimum absolute atomic E-state index is 0.0405. The fourth-order valence-corrected chi connectivity index (χ4v) is 1.95. The number of nitrogens with zero attached hydrogens (tertiary/aromatic N) is 1. The van der Waals surface area contributed by atoms with E-state index in [1.165, 1.54) is 12.2 Å². The predicted molar refractivity (Wildman–Crippen MR) is 52.5 cm³/mol. The molecule has 1 amide bonds. The molecular formula is C10H19NO3. The highest BCUT2D eigenvalue weighted by Gasteiger charge is 2.31. The third kappa shape index (κ3) is 2.69. The van der Waals surface area contributed by atoms with E-state index in [0.717, 1.165) is 12.8 Å². The molecule has 0 spiro atoms. The monoisotopic (exact) mass is 201 g/mol. The van der Waals surface area contributed by atoms with Crippen molar-refractivity contribution < 1.29 is 14.4 Å². The second-order valence-corrected chi connectivity index (χ2v) is 3.94. The van der Waals surface area contributed by atoms with Crippen molar-refractivity contribution in [2.24, 2.45) is 5.92 Å². The van der Waals surface area contributed by atoms with Crippen LogP contribution in [0, 0.1) is 5.92 Å². The minimum atomic E-state index is 0.0405. The van der Waals surface area contributed by atoms with Gasteiger partial charge in [-0.3, -0.25) is 9.63 Å². The Balaban J connectivity index is 2.54. The van der Waals surface area contributed by atoms with Gasteiger partial charge in [0.2, 0.25) is 5.91 Å². The molecule has 1 rings (SSSR count). The van der Waals surface area contributed by atoms with Gasteiger partial charge in [0.25, 0.3) is 0 Å². The molecule has 0 aromatic heterocycles. The summed E-state index contributed by atoms with van der Waals surface area (Å²) in [6.07, 6.45) is 1.91. The molecule has 1 saturated heterocycles. The van der Waals surface area contributed by atoms with E-state index in [9.17, 15) is 4.79 Å². The zero-order valence-corrected chi connectivity index (χ0v) is 9.32. The normalized spacial score (nSPS) is 32.7. The van der Waals surface area contributed by atoms with Crippen LogP contribution in [0.5, 0.6) is 0 Å². The van der Waals surface area contributed by atoms with Gasteiger partial charge in [0, 0.05) is 13.0 Å². The summed E-state index contributed by atoms with van der Waals surface area (Å²) < 4.78 is 5.57. The number of carbonyl (C=O) groups is 1. The van der Waals surface area contributed by atoms with Gasteiger partial charge in [0.15, 0.2) is 0 Å². The van der Waals surface area contributed by atoms with Gasteiger partial charge in [-0.05, 0) is 26.7 Å². The second kappa shape index (κ2) is 4.75. The molecule has 1 fully saturated rings. The Labute approximate surface area is 85.1 Å². The van der Waals surface area contributed by atoms with Gasteiger partial charge in [-0.2, -0.15) is 0 Å². The maximum atomic E-state index is 11.8. The molecule has 3 atom stereocenters. The Hall–Kier alpha value is -0.610. The Bertz CT molecular complexity index is 198. The molecule has 0 aromatic rings. The number of hydrogen-bond acceptors (Lipinski definition) is 3. The van der Waals surface area contributed by atoms with Crippen molar-refractivity contribution in [1.82, 2.24) is 5.06 Å². The molecule has 82 valence electrons. The summed E-state index contributed by atoms with van der Waals surface area (Å²) in [5.41, 5.74) is 0. The van der Waals surface area contributed by atoms with Crippen molar-refractivity contribution >= 4 is 5.91 Å². The molecule has 1 aliphatic rings. The van der Waals surface area contributed by atoms with Crippen LogP contribution in [0.2, 0.25) is 0 Å². The summed E-state index contributed by atoms with van der Waals surface area (Å²) in [5, 5.41) is 1.30. The summed E-state index contributed by atoms with van der Waals surface area (Å²) in [5.74, 6) is 0.0909. The van der Waals surface area contributed by atoms with Crippen molar-refractivity contribution in [2.75, 3.05) is 14.2 Å². The minimum Gasteiger partial charge on any atom is -0.376 e. The molecule has 4 nitrogen and oxygen atoms in total. The van der Waals surface area contributed by atoms with Gasteiger partial charge in [-0.25, -0.2) is 5.06 Å². The summed E-state index contributed by atoms with van der Waals surface area (Å²) >= 11 is 0. The number of hydroxylamine groups is 2. The van der Waals surface area contributed by atoms with Gasteiger partial charge in [-0.1, -0.05) is 0 Å². The zero-order chi connectivity index (χ0) is 10.7. The van der Waals surface area contributed by atoms with Crippen molar-refractivity contribution in [3.63, 3.8) is 0 Å². The lowest BCUT2D eigenvalue weighted by Gasteiger charge is -2.32. The number of carbonyl (C=O) groups excluding carboxylic acids is 1. The highest BCUT2D eigenvalue weighted by Crippen LogP contribution is 2.25. The average molecular weight is 201 g/mol. The largest absolute Gasteiger partial charge is 0.376 e. The zero-order valence-electron chi connectivity index (χ0n) is 9.32. The Kier molecular flexibility index (Phi) is 3.89. The number of hydrogen-bond donors (Lipinski definition) is 0. The van der Waals surface area contributed by atoms with Crippen LogP contribution in [0.3, 0.4) is 0 Å². The summed E-state index contributed by atoms with van der Waals surface area (Å²) in [7, 11) is 3.15. The molecule has 0 saturated carbocycles.